The van der Waals surface area contributed by atoms with E-state index in [9.17, 15) is 35.4 Å². The third-order valence-electron chi connectivity index (χ3n) is 13.4. The van der Waals surface area contributed by atoms with Gasteiger partial charge in [-0.05, 0) is 119 Å². The van der Waals surface area contributed by atoms with Crippen LogP contribution in [0.2, 0.25) is 0 Å². The van der Waals surface area contributed by atoms with E-state index in [1.807, 2.05) is 20.8 Å². The van der Waals surface area contributed by atoms with Gasteiger partial charge in [0.05, 0.1) is 24.2 Å². The molecule has 12 atom stereocenters. The number of ether oxygens (including phenoxy) is 2. The van der Waals surface area contributed by atoms with Crippen LogP contribution in [0.4, 0.5) is 0 Å². The number of aliphatic hydroxyl groups is 5. The summed E-state index contributed by atoms with van der Waals surface area (Å²) < 4.78 is 11.6. The van der Waals surface area contributed by atoms with Gasteiger partial charge >= 0.3 is 5.97 Å². The summed E-state index contributed by atoms with van der Waals surface area (Å²) in [4.78, 5) is 12.9. The molecule has 260 valence electrons. The van der Waals surface area contributed by atoms with Crippen LogP contribution in [0.1, 0.15) is 126 Å². The Bertz CT molecular complexity index is 1070. The number of carbonyl (C=O) groups is 1. The lowest BCUT2D eigenvalue weighted by Crippen LogP contribution is -2.60. The van der Waals surface area contributed by atoms with E-state index in [4.69, 9.17) is 9.47 Å². The maximum Gasteiger partial charge on any atom is 0.306 e. The van der Waals surface area contributed by atoms with E-state index in [-0.39, 0.29) is 28.3 Å². The fraction of sp³-hybridized carbons (Fsp3) is 0.917. The molecule has 2 fully saturated rings. The molecule has 0 aromatic rings. The van der Waals surface area contributed by atoms with Crippen LogP contribution >= 0.6 is 0 Å². The monoisotopic (exact) mass is 638 g/mol. The van der Waals surface area contributed by atoms with Gasteiger partial charge in [-0.2, -0.15) is 0 Å². The van der Waals surface area contributed by atoms with Crippen molar-refractivity contribution < 1.29 is 44.9 Å². The van der Waals surface area contributed by atoms with Gasteiger partial charge in [0, 0.05) is 0 Å². The maximum absolute atomic E-state index is 12.9. The van der Waals surface area contributed by atoms with Gasteiger partial charge in [-0.1, -0.05) is 45.8 Å². The van der Waals surface area contributed by atoms with Gasteiger partial charge in [0.25, 0.3) is 0 Å². The number of carboxylic acids is 1. The second-order valence-electron chi connectivity index (χ2n) is 16.2. The van der Waals surface area contributed by atoms with Crippen molar-refractivity contribution in [2.24, 2.45) is 34.0 Å². The molecule has 0 aromatic heterocycles. The summed E-state index contributed by atoms with van der Waals surface area (Å²) >= 11 is 0. The zero-order valence-corrected chi connectivity index (χ0v) is 28.8. The second-order valence-corrected chi connectivity index (χ2v) is 16.2. The smallest absolute Gasteiger partial charge is 0.306 e. The van der Waals surface area contributed by atoms with Gasteiger partial charge in [-0.3, -0.25) is 4.79 Å². The Labute approximate surface area is 270 Å². The second kappa shape index (κ2) is 13.8. The number of hydrogen-bond donors (Lipinski definition) is 6. The van der Waals surface area contributed by atoms with Crippen LogP contribution in [0.5, 0.6) is 0 Å². The van der Waals surface area contributed by atoms with Crippen LogP contribution in [0.3, 0.4) is 0 Å². The Hall–Kier alpha value is -1.07. The van der Waals surface area contributed by atoms with Gasteiger partial charge in [-0.25, -0.2) is 0 Å². The number of carboxylic acid groups (broad SMARTS) is 1. The van der Waals surface area contributed by atoms with Gasteiger partial charge < -0.3 is 40.1 Å². The number of aliphatic hydroxyl groups excluding tert-OH is 5. The first-order valence-electron chi connectivity index (χ1n) is 17.6. The van der Waals surface area contributed by atoms with E-state index < -0.39 is 54.8 Å². The quantitative estimate of drug-likeness (QED) is 0.154. The molecule has 9 nitrogen and oxygen atoms in total. The lowest BCUT2D eigenvalue weighted by molar-refractivity contribution is -0.323. The molecule has 0 bridgehead atoms. The molecule has 45 heavy (non-hydrogen) atoms. The standard InChI is InChI=1S/C36H62O9/c1-8-22(38)13-17-34(5)21(2)11-12-26-25(34)15-19-35(6)24(14-18-36(26,35)7)23(31(42)43)10-9-16-33(3,4)45-32-30(41)29(40)28(39)27(20-37)44-32/h21-24,27-30,32,37-41H,8-20H2,1-7H3,(H,42,43)/t21?,22-,23-,24?,27?,28?,29?,30?,32?,34+,35-,36+/m1/s1. The van der Waals surface area contributed by atoms with Crippen molar-refractivity contribution in [3.05, 3.63) is 11.1 Å². The van der Waals surface area contributed by atoms with E-state index in [2.05, 4.69) is 27.7 Å². The minimum absolute atomic E-state index is 0.0325. The molecule has 4 aliphatic rings. The van der Waals surface area contributed by atoms with Crippen LogP contribution in [0, 0.1) is 34.0 Å². The van der Waals surface area contributed by atoms with Crippen molar-refractivity contribution in [2.45, 2.75) is 168 Å². The summed E-state index contributed by atoms with van der Waals surface area (Å²) in [5.41, 5.74) is 2.32. The first-order valence-corrected chi connectivity index (χ1v) is 17.6. The fourth-order valence-electron chi connectivity index (χ4n) is 9.81. The van der Waals surface area contributed by atoms with E-state index in [1.165, 1.54) is 0 Å². The molecular weight excluding hydrogens is 576 g/mol. The summed E-state index contributed by atoms with van der Waals surface area (Å²) in [6.07, 6.45) is 3.39. The Balaban J connectivity index is 1.47. The van der Waals surface area contributed by atoms with E-state index in [0.717, 1.165) is 57.8 Å². The van der Waals surface area contributed by atoms with Crippen LogP contribution in [-0.4, -0.2) is 85.6 Å². The molecule has 0 spiro atoms. The molecule has 4 rings (SSSR count). The molecule has 7 unspecified atom stereocenters. The number of allylic oxidation sites excluding steroid dienone is 2. The van der Waals surface area contributed by atoms with Crippen molar-refractivity contribution in [2.75, 3.05) is 6.61 Å². The van der Waals surface area contributed by atoms with Crippen molar-refractivity contribution >= 4 is 5.97 Å². The molecule has 0 radical (unpaired) electrons. The Morgan fingerprint density at radius 2 is 1.71 bits per heavy atom. The molecule has 0 amide bonds. The van der Waals surface area contributed by atoms with Gasteiger partial charge in [0.2, 0.25) is 0 Å². The third kappa shape index (κ3) is 6.79. The third-order valence-corrected chi connectivity index (χ3v) is 13.4. The number of hydrogen-bond acceptors (Lipinski definition) is 8. The maximum atomic E-state index is 12.9. The highest BCUT2D eigenvalue weighted by Crippen LogP contribution is 2.70. The minimum atomic E-state index is -1.51. The molecule has 0 aromatic carbocycles. The summed E-state index contributed by atoms with van der Waals surface area (Å²) in [6.45, 7) is 14.8. The first-order chi connectivity index (χ1) is 21.0. The SMILES string of the molecule is CC[C@@H](O)CC[C@]1(C)C2=C(CCC1C)[C@]1(C)CCC([C@@H](CCCC(C)(C)OC3OC(CO)C(O)C(O)C3O)C(=O)O)[C@@]1(C)CC2. The van der Waals surface area contributed by atoms with Crippen molar-refractivity contribution in [3.8, 4) is 0 Å². The highest BCUT2D eigenvalue weighted by atomic mass is 16.7. The molecule has 3 aliphatic carbocycles. The molecule has 9 heteroatoms. The highest BCUT2D eigenvalue weighted by Gasteiger charge is 2.62. The van der Waals surface area contributed by atoms with Crippen molar-refractivity contribution in [1.82, 2.24) is 0 Å². The van der Waals surface area contributed by atoms with Crippen LogP contribution < -0.4 is 0 Å². The van der Waals surface area contributed by atoms with Crippen LogP contribution in [0.15, 0.2) is 11.1 Å². The zero-order chi connectivity index (χ0) is 33.5. The largest absolute Gasteiger partial charge is 0.481 e. The van der Waals surface area contributed by atoms with Crippen LogP contribution in [0.25, 0.3) is 0 Å². The average Bonchev–Trinajstić information content (AvgIpc) is 3.26. The number of rotatable bonds is 13. The summed E-state index contributed by atoms with van der Waals surface area (Å²) in [7, 11) is 0. The van der Waals surface area contributed by atoms with Gasteiger partial charge in [0.1, 0.15) is 24.4 Å². The fourth-order valence-corrected chi connectivity index (χ4v) is 9.81. The minimum Gasteiger partial charge on any atom is -0.481 e. The van der Waals surface area contributed by atoms with Crippen LogP contribution in [-0.2, 0) is 14.3 Å². The summed E-state index contributed by atoms with van der Waals surface area (Å²) in [6, 6.07) is 0. The molecule has 6 N–H and O–H groups in total. The lowest BCUT2D eigenvalue weighted by atomic mass is 9.47. The Morgan fingerprint density at radius 3 is 2.33 bits per heavy atom. The first kappa shape index (κ1) is 36.8. The topological polar surface area (TPSA) is 157 Å². The van der Waals surface area contributed by atoms with E-state index >= 15 is 0 Å². The summed E-state index contributed by atoms with van der Waals surface area (Å²) in [5.74, 6) is -0.592. The van der Waals surface area contributed by atoms with E-state index in [1.54, 1.807) is 11.1 Å². The average molecular weight is 639 g/mol. The number of fused-ring (bicyclic) bond motifs is 2. The predicted molar refractivity (Wildman–Crippen MR) is 171 cm³/mol. The molecule has 1 aliphatic heterocycles. The highest BCUT2D eigenvalue weighted by molar-refractivity contribution is 5.70. The number of aliphatic carboxylic acids is 1. The predicted octanol–water partition coefficient (Wildman–Crippen LogP) is 4.95. The molecule has 1 saturated carbocycles. The van der Waals surface area contributed by atoms with Crippen molar-refractivity contribution in [3.63, 3.8) is 0 Å². The summed E-state index contributed by atoms with van der Waals surface area (Å²) in [5, 5.41) is 61.2. The van der Waals surface area contributed by atoms with Gasteiger partial charge in [0.15, 0.2) is 6.29 Å². The molecule has 1 heterocycles. The van der Waals surface area contributed by atoms with Crippen molar-refractivity contribution in [1.29, 1.82) is 0 Å². The molecule has 1 saturated heterocycles. The Morgan fingerprint density at radius 1 is 1.02 bits per heavy atom. The van der Waals surface area contributed by atoms with Gasteiger partial charge in [-0.15, -0.1) is 0 Å². The lowest BCUT2D eigenvalue weighted by Gasteiger charge is -2.57. The van der Waals surface area contributed by atoms with E-state index in [0.29, 0.717) is 25.2 Å². The molecular formula is C36H62O9. The zero-order valence-electron chi connectivity index (χ0n) is 28.8. The normalized spacial score (nSPS) is 41.8. The Kier molecular flexibility index (Phi) is 11.3.